The molecule has 0 heterocycles. The van der Waals surface area contributed by atoms with E-state index in [0.29, 0.717) is 6.42 Å². The van der Waals surface area contributed by atoms with Gasteiger partial charge in [0.1, 0.15) is 6.10 Å². The fourth-order valence-corrected chi connectivity index (χ4v) is 1.27. The van der Waals surface area contributed by atoms with Gasteiger partial charge < -0.3 is 15.3 Å². The minimum atomic E-state index is -1.00. The topological polar surface area (TPSA) is 60.7 Å². The third kappa shape index (κ3) is 4.07. The average Bonchev–Trinajstić information content (AvgIpc) is 2.14. The van der Waals surface area contributed by atoms with Crippen LogP contribution < -0.4 is 0 Å². The molecular weight excluding hydrogens is 168 g/mol. The molecule has 4 atom stereocenters. The molecule has 0 fully saturated rings. The maximum absolute atomic E-state index is 9.57. The van der Waals surface area contributed by atoms with Gasteiger partial charge in [-0.2, -0.15) is 0 Å². The summed E-state index contributed by atoms with van der Waals surface area (Å²) in [4.78, 5) is 0. The molecule has 0 bridgehead atoms. The summed E-state index contributed by atoms with van der Waals surface area (Å²) in [5.41, 5.74) is 0. The van der Waals surface area contributed by atoms with Gasteiger partial charge in [0.2, 0.25) is 0 Å². The van der Waals surface area contributed by atoms with Crippen LogP contribution in [-0.2, 0) is 0 Å². The number of aliphatic hydroxyl groups is 3. The Hall–Kier alpha value is -0.120. The van der Waals surface area contributed by atoms with E-state index in [2.05, 4.69) is 0 Å². The first-order valence-corrected chi connectivity index (χ1v) is 5.08. The summed E-state index contributed by atoms with van der Waals surface area (Å²) in [6.45, 7) is 5.75. The molecule has 3 N–H and O–H groups in total. The first kappa shape index (κ1) is 12.9. The number of hydrogen-bond donors (Lipinski definition) is 3. The maximum Gasteiger partial charge on any atom is 0.106 e. The summed E-state index contributed by atoms with van der Waals surface area (Å²) in [5, 5.41) is 28.5. The predicted molar refractivity (Wildman–Crippen MR) is 52.4 cm³/mol. The van der Waals surface area contributed by atoms with Crippen molar-refractivity contribution in [2.24, 2.45) is 5.92 Å². The van der Waals surface area contributed by atoms with Gasteiger partial charge in [-0.15, -0.1) is 0 Å². The molecule has 0 unspecified atom stereocenters. The molecular formula is C10H22O3. The average molecular weight is 190 g/mol. The van der Waals surface area contributed by atoms with E-state index in [0.717, 1.165) is 12.8 Å². The van der Waals surface area contributed by atoms with E-state index in [-0.39, 0.29) is 5.92 Å². The lowest BCUT2D eigenvalue weighted by Gasteiger charge is -2.26. The highest BCUT2D eigenvalue weighted by Gasteiger charge is 2.27. The molecule has 0 aliphatic rings. The molecule has 0 saturated carbocycles. The second-order valence-corrected chi connectivity index (χ2v) is 3.72. The predicted octanol–water partition coefficient (Wildman–Crippen LogP) is 0.915. The molecule has 0 spiro atoms. The first-order chi connectivity index (χ1) is 6.04. The molecule has 0 aliphatic carbocycles. The molecule has 0 amide bonds. The maximum atomic E-state index is 9.57. The van der Waals surface area contributed by atoms with Crippen LogP contribution in [0.15, 0.2) is 0 Å². The molecule has 0 radical (unpaired) electrons. The van der Waals surface area contributed by atoms with Crippen molar-refractivity contribution in [2.45, 2.75) is 58.3 Å². The third-order valence-corrected chi connectivity index (χ3v) is 2.56. The molecule has 13 heavy (non-hydrogen) atoms. The van der Waals surface area contributed by atoms with Gasteiger partial charge >= 0.3 is 0 Å². The molecule has 0 aliphatic heterocycles. The monoisotopic (exact) mass is 190 g/mol. The lowest BCUT2D eigenvalue weighted by atomic mass is 9.93. The van der Waals surface area contributed by atoms with Crippen LogP contribution in [0.4, 0.5) is 0 Å². The molecule has 0 saturated heterocycles. The Morgan fingerprint density at radius 1 is 1.00 bits per heavy atom. The Balaban J connectivity index is 3.99. The van der Waals surface area contributed by atoms with Crippen LogP contribution in [0.5, 0.6) is 0 Å². The van der Waals surface area contributed by atoms with Crippen LogP contribution in [0.3, 0.4) is 0 Å². The SMILES string of the molecule is CCC[C@H](O)[C@@H](O)[C@H](O)[C@H](C)CC. The van der Waals surface area contributed by atoms with Gasteiger partial charge in [-0.1, -0.05) is 33.6 Å². The molecule has 0 aromatic carbocycles. The summed E-state index contributed by atoms with van der Waals surface area (Å²) in [5.74, 6) is 0.0292. The standard InChI is InChI=1S/C10H22O3/c1-4-6-8(11)10(13)9(12)7(3)5-2/h7-13H,4-6H2,1-3H3/t7-,8+,9-,10-/m1/s1. The van der Waals surface area contributed by atoms with Crippen LogP contribution in [-0.4, -0.2) is 33.6 Å². The Labute approximate surface area is 80.4 Å². The quantitative estimate of drug-likeness (QED) is 0.583. The molecule has 3 heteroatoms. The van der Waals surface area contributed by atoms with Gasteiger partial charge in [0.25, 0.3) is 0 Å². The lowest BCUT2D eigenvalue weighted by Crippen LogP contribution is -2.40. The van der Waals surface area contributed by atoms with E-state index in [1.807, 2.05) is 20.8 Å². The summed E-state index contributed by atoms with van der Waals surface area (Å²) < 4.78 is 0. The van der Waals surface area contributed by atoms with E-state index in [4.69, 9.17) is 0 Å². The summed E-state index contributed by atoms with van der Waals surface area (Å²) in [6, 6.07) is 0. The zero-order valence-electron chi connectivity index (χ0n) is 8.77. The summed E-state index contributed by atoms with van der Waals surface area (Å²) in [7, 11) is 0. The highest BCUT2D eigenvalue weighted by molar-refractivity contribution is 4.78. The van der Waals surface area contributed by atoms with Crippen molar-refractivity contribution in [3.05, 3.63) is 0 Å². The zero-order valence-corrected chi connectivity index (χ0v) is 8.77. The van der Waals surface area contributed by atoms with Crippen molar-refractivity contribution in [2.75, 3.05) is 0 Å². The molecule has 0 aromatic rings. The lowest BCUT2D eigenvalue weighted by molar-refractivity contribution is -0.0807. The van der Waals surface area contributed by atoms with Crippen molar-refractivity contribution in [3.63, 3.8) is 0 Å². The van der Waals surface area contributed by atoms with Crippen molar-refractivity contribution in [1.82, 2.24) is 0 Å². The van der Waals surface area contributed by atoms with Crippen LogP contribution in [0.25, 0.3) is 0 Å². The molecule has 0 rings (SSSR count). The van der Waals surface area contributed by atoms with E-state index < -0.39 is 18.3 Å². The van der Waals surface area contributed by atoms with Crippen molar-refractivity contribution >= 4 is 0 Å². The Kier molecular flexibility index (Phi) is 6.29. The molecule has 0 aromatic heterocycles. The van der Waals surface area contributed by atoms with E-state index >= 15 is 0 Å². The number of hydrogen-bond acceptors (Lipinski definition) is 3. The molecule has 3 nitrogen and oxygen atoms in total. The second-order valence-electron chi connectivity index (χ2n) is 3.72. The van der Waals surface area contributed by atoms with Gasteiger partial charge in [0.15, 0.2) is 0 Å². The van der Waals surface area contributed by atoms with Crippen molar-refractivity contribution in [3.8, 4) is 0 Å². The zero-order chi connectivity index (χ0) is 10.4. The fourth-order valence-electron chi connectivity index (χ4n) is 1.27. The third-order valence-electron chi connectivity index (χ3n) is 2.56. The second kappa shape index (κ2) is 6.35. The van der Waals surface area contributed by atoms with Crippen LogP contribution >= 0.6 is 0 Å². The molecule has 80 valence electrons. The highest BCUT2D eigenvalue weighted by atomic mass is 16.4. The van der Waals surface area contributed by atoms with Gasteiger partial charge in [0.05, 0.1) is 12.2 Å². The minimum absolute atomic E-state index is 0.0292. The first-order valence-electron chi connectivity index (χ1n) is 5.08. The van der Waals surface area contributed by atoms with Crippen LogP contribution in [0.1, 0.15) is 40.0 Å². The largest absolute Gasteiger partial charge is 0.390 e. The number of rotatable bonds is 6. The van der Waals surface area contributed by atoms with Gasteiger partial charge in [-0.25, -0.2) is 0 Å². The number of aliphatic hydroxyl groups excluding tert-OH is 3. The summed E-state index contributed by atoms with van der Waals surface area (Å²) >= 11 is 0. The van der Waals surface area contributed by atoms with Crippen molar-refractivity contribution in [1.29, 1.82) is 0 Å². The van der Waals surface area contributed by atoms with Crippen LogP contribution in [0, 0.1) is 5.92 Å². The van der Waals surface area contributed by atoms with E-state index in [9.17, 15) is 15.3 Å². The Morgan fingerprint density at radius 2 is 1.54 bits per heavy atom. The van der Waals surface area contributed by atoms with E-state index in [1.54, 1.807) is 0 Å². The van der Waals surface area contributed by atoms with Crippen LogP contribution in [0.2, 0.25) is 0 Å². The smallest absolute Gasteiger partial charge is 0.106 e. The van der Waals surface area contributed by atoms with Gasteiger partial charge in [-0.3, -0.25) is 0 Å². The van der Waals surface area contributed by atoms with Gasteiger partial charge in [0, 0.05) is 0 Å². The van der Waals surface area contributed by atoms with Crippen molar-refractivity contribution < 1.29 is 15.3 Å². The minimum Gasteiger partial charge on any atom is -0.390 e. The normalized spacial score (nSPS) is 20.8. The highest BCUT2D eigenvalue weighted by Crippen LogP contribution is 2.15. The van der Waals surface area contributed by atoms with E-state index in [1.165, 1.54) is 0 Å². The Morgan fingerprint density at radius 3 is 1.92 bits per heavy atom. The van der Waals surface area contributed by atoms with Gasteiger partial charge in [-0.05, 0) is 12.3 Å². The Bertz CT molecular complexity index is 127. The summed E-state index contributed by atoms with van der Waals surface area (Å²) in [6.07, 6.45) is -0.465. The fraction of sp³-hybridized carbons (Fsp3) is 1.00.